The Kier molecular flexibility index (Phi) is 3.12. The molecule has 4 nitrogen and oxygen atoms in total. The molecule has 2 N–H and O–H groups in total. The van der Waals surface area contributed by atoms with Crippen molar-refractivity contribution in [3.63, 3.8) is 0 Å². The van der Waals surface area contributed by atoms with Crippen LogP contribution in [0.4, 0.5) is 0 Å². The molecule has 0 aromatic carbocycles. The number of hydrogen-bond donors (Lipinski definition) is 2. The first-order valence-corrected chi connectivity index (χ1v) is 5.70. The van der Waals surface area contributed by atoms with Crippen LogP contribution in [0.3, 0.4) is 0 Å². The third-order valence-electron chi connectivity index (χ3n) is 1.81. The Labute approximate surface area is 76.1 Å². The van der Waals surface area contributed by atoms with Crippen molar-refractivity contribution < 1.29 is 19.8 Å². The van der Waals surface area contributed by atoms with Crippen molar-refractivity contribution in [3.8, 4) is 0 Å². The van der Waals surface area contributed by atoms with Gasteiger partial charge < -0.3 is 0 Å². The second kappa shape index (κ2) is 3.92. The van der Waals surface area contributed by atoms with Gasteiger partial charge in [-0.15, -0.1) is 0 Å². The molecule has 0 aromatic rings. The fourth-order valence-electron chi connectivity index (χ4n) is 1.19. The van der Waals surface area contributed by atoms with Crippen LogP contribution in [-0.4, -0.2) is 37.1 Å². The Morgan fingerprint density at radius 1 is 1.08 bits per heavy atom. The summed E-state index contributed by atoms with van der Waals surface area (Å²) in [6.45, 7) is 0. The fraction of sp³-hybridized carbons (Fsp3) is 0.714. The van der Waals surface area contributed by atoms with Gasteiger partial charge in [-0.05, 0) is 0 Å². The van der Waals surface area contributed by atoms with Crippen LogP contribution in [0.5, 0.6) is 0 Å². The maximum atomic E-state index is 10.5. The molecule has 0 aliphatic carbocycles. The van der Waals surface area contributed by atoms with Gasteiger partial charge >= 0.3 is 75.6 Å². The first kappa shape index (κ1) is 9.55. The predicted octanol–water partition coefficient (Wildman–Crippen LogP) is 0.621. The number of aliphatic carboxylic acids is 2. The van der Waals surface area contributed by atoms with E-state index in [2.05, 4.69) is 0 Å². The first-order chi connectivity index (χ1) is 5.61. The number of hydrogen-bond acceptors (Lipinski definition) is 2. The molecule has 1 aliphatic rings. The molecule has 0 spiro atoms. The third-order valence-corrected chi connectivity index (χ3v) is 5.03. The Balaban J connectivity index is 2.51. The fourth-order valence-corrected chi connectivity index (χ4v) is 3.78. The number of carboxylic acid groups (broad SMARTS) is 2. The predicted molar refractivity (Wildman–Crippen MR) is 42.4 cm³/mol. The van der Waals surface area contributed by atoms with Crippen LogP contribution in [0.1, 0.15) is 19.3 Å². The van der Waals surface area contributed by atoms with Crippen LogP contribution < -0.4 is 0 Å². The molecule has 0 unspecified atom stereocenters. The zero-order valence-corrected chi connectivity index (χ0v) is 8.11. The van der Waals surface area contributed by atoms with E-state index < -0.39 is 11.9 Å². The number of rotatable bonds is 2. The van der Waals surface area contributed by atoms with E-state index in [0.29, 0.717) is 12.8 Å². The van der Waals surface area contributed by atoms with Crippen molar-refractivity contribution in [1.82, 2.24) is 0 Å². The summed E-state index contributed by atoms with van der Waals surface area (Å²) in [5.41, 5.74) is 0. The van der Waals surface area contributed by atoms with Gasteiger partial charge in [-0.25, -0.2) is 0 Å². The summed E-state index contributed by atoms with van der Waals surface area (Å²) in [7, 11) is 0. The van der Waals surface area contributed by atoms with Crippen molar-refractivity contribution in [2.75, 3.05) is 0 Å². The topological polar surface area (TPSA) is 74.6 Å². The molecule has 0 radical (unpaired) electrons. The van der Waals surface area contributed by atoms with Crippen molar-refractivity contribution >= 4 is 26.9 Å². The van der Waals surface area contributed by atoms with Crippen molar-refractivity contribution in [2.45, 2.75) is 28.9 Å². The Hall–Kier alpha value is -0.541. The molecule has 0 amide bonds. The molecule has 1 heterocycles. The molecule has 1 saturated heterocycles. The summed E-state index contributed by atoms with van der Waals surface area (Å²) in [4.78, 5) is 20.3. The maximum absolute atomic E-state index is 10.5. The Morgan fingerprint density at radius 3 is 1.83 bits per heavy atom. The number of carbonyl (C=O) groups is 2. The SMILES string of the molecule is O=C(O)[C@H]1CCC[C@H](C(=O)O)[Se]1. The molecule has 0 bridgehead atoms. The van der Waals surface area contributed by atoms with Crippen LogP contribution in [-0.2, 0) is 9.59 Å². The van der Waals surface area contributed by atoms with E-state index in [1.54, 1.807) is 0 Å². The molecule has 12 heavy (non-hydrogen) atoms. The van der Waals surface area contributed by atoms with Crippen LogP contribution in [0.15, 0.2) is 0 Å². The van der Waals surface area contributed by atoms with E-state index >= 15 is 0 Å². The van der Waals surface area contributed by atoms with Crippen molar-refractivity contribution in [3.05, 3.63) is 0 Å². The van der Waals surface area contributed by atoms with E-state index in [0.717, 1.165) is 6.42 Å². The molecule has 1 rings (SSSR count). The standard InChI is InChI=1S/C7H10O4Se/c8-6(9)4-2-1-3-5(12-4)7(10)11/h4-5H,1-3H2,(H,8,9)(H,10,11)/t4-,5-/m1/s1. The Morgan fingerprint density at radius 2 is 1.50 bits per heavy atom. The van der Waals surface area contributed by atoms with Crippen LogP contribution in [0.2, 0.25) is 9.63 Å². The molecular weight excluding hydrogens is 227 g/mol. The Bertz CT molecular complexity index is 184. The second-order valence-corrected chi connectivity index (χ2v) is 5.68. The average Bonchev–Trinajstić information content (AvgIpc) is 2.04. The molecular formula is C7H10O4Se. The van der Waals surface area contributed by atoms with Crippen LogP contribution >= 0.6 is 0 Å². The summed E-state index contributed by atoms with van der Waals surface area (Å²) >= 11 is -0.268. The van der Waals surface area contributed by atoms with Gasteiger partial charge in [0.15, 0.2) is 0 Å². The number of carboxylic acids is 2. The molecule has 0 saturated carbocycles. The summed E-state index contributed by atoms with van der Waals surface area (Å²) < 4.78 is 0. The molecule has 68 valence electrons. The molecule has 2 atom stereocenters. The summed E-state index contributed by atoms with van der Waals surface area (Å²) in [5.74, 6) is -1.66. The van der Waals surface area contributed by atoms with Gasteiger partial charge in [0.05, 0.1) is 0 Å². The summed E-state index contributed by atoms with van der Waals surface area (Å²) in [6, 6.07) is 0. The zero-order chi connectivity index (χ0) is 9.14. The minimum absolute atomic E-state index is 0.268. The van der Waals surface area contributed by atoms with E-state index in [9.17, 15) is 9.59 Å². The van der Waals surface area contributed by atoms with Crippen molar-refractivity contribution in [2.24, 2.45) is 0 Å². The molecule has 1 fully saturated rings. The third kappa shape index (κ3) is 2.22. The van der Waals surface area contributed by atoms with E-state index in [1.165, 1.54) is 0 Å². The summed E-state index contributed by atoms with van der Waals surface area (Å²) in [5, 5.41) is 17.3. The van der Waals surface area contributed by atoms with Gasteiger partial charge in [0, 0.05) is 0 Å². The average molecular weight is 237 g/mol. The van der Waals surface area contributed by atoms with Gasteiger partial charge in [-0.3, -0.25) is 0 Å². The normalized spacial score (nSPS) is 29.7. The first-order valence-electron chi connectivity index (χ1n) is 3.72. The van der Waals surface area contributed by atoms with Gasteiger partial charge in [-0.2, -0.15) is 0 Å². The minimum atomic E-state index is -0.832. The van der Waals surface area contributed by atoms with E-state index in [1.807, 2.05) is 0 Å². The van der Waals surface area contributed by atoms with Crippen LogP contribution in [0.25, 0.3) is 0 Å². The molecule has 0 aromatic heterocycles. The molecule has 5 heteroatoms. The quantitative estimate of drug-likeness (QED) is 0.690. The van der Waals surface area contributed by atoms with Gasteiger partial charge in [0.1, 0.15) is 0 Å². The molecule has 1 aliphatic heterocycles. The van der Waals surface area contributed by atoms with Gasteiger partial charge in [0.25, 0.3) is 0 Å². The van der Waals surface area contributed by atoms with E-state index in [-0.39, 0.29) is 24.6 Å². The van der Waals surface area contributed by atoms with Gasteiger partial charge in [-0.1, -0.05) is 0 Å². The van der Waals surface area contributed by atoms with Crippen molar-refractivity contribution in [1.29, 1.82) is 0 Å². The van der Waals surface area contributed by atoms with Crippen LogP contribution in [0, 0.1) is 0 Å². The summed E-state index contributed by atoms with van der Waals surface area (Å²) in [6.07, 6.45) is 2.04. The zero-order valence-electron chi connectivity index (χ0n) is 6.40. The monoisotopic (exact) mass is 238 g/mol. The van der Waals surface area contributed by atoms with E-state index in [4.69, 9.17) is 10.2 Å². The van der Waals surface area contributed by atoms with Gasteiger partial charge in [0.2, 0.25) is 0 Å². The second-order valence-electron chi connectivity index (χ2n) is 2.72.